The molecule has 0 bridgehead atoms. The molecule has 12 nitrogen and oxygen atoms in total. The molecule has 4 rings (SSSR count). The molecule has 0 radical (unpaired) electrons. The van der Waals surface area contributed by atoms with E-state index >= 15 is 0 Å². The van der Waals surface area contributed by atoms with Crippen molar-refractivity contribution < 1.29 is 33.4 Å². The number of aliphatic imine (C=N–C) groups is 1. The van der Waals surface area contributed by atoms with Crippen molar-refractivity contribution in [3.63, 3.8) is 0 Å². The number of methoxy groups -OCH3 is 1. The molecule has 2 atom stereocenters. The maximum absolute atomic E-state index is 14.8. The Morgan fingerprint density at radius 2 is 2.02 bits per heavy atom. The number of nitrogens with zero attached hydrogens (tertiary/aromatic N) is 4. The molecule has 0 aromatic carbocycles. The van der Waals surface area contributed by atoms with Gasteiger partial charge in [-0.1, -0.05) is 23.8 Å². The number of carboxylic acids is 1. The largest absolute Gasteiger partial charge is 0.491 e. The highest BCUT2D eigenvalue weighted by atomic mass is 35.5. The summed E-state index contributed by atoms with van der Waals surface area (Å²) in [6, 6.07) is -1.85. The number of allylic oxidation sites excluding steroid dienone is 7. The van der Waals surface area contributed by atoms with Gasteiger partial charge in [0.25, 0.3) is 5.91 Å². The van der Waals surface area contributed by atoms with Crippen LogP contribution in [0.4, 0.5) is 15.0 Å². The molecule has 1 fully saturated rings. The molecule has 1 aromatic rings. The number of anilines is 1. The second-order valence-corrected chi connectivity index (χ2v) is 11.2. The lowest BCUT2D eigenvalue weighted by atomic mass is 10.1. The highest BCUT2D eigenvalue weighted by molar-refractivity contribution is 6.32. The average molecular weight is 615 g/mol. The monoisotopic (exact) mass is 614 g/mol. The molecule has 0 saturated carbocycles. The third kappa shape index (κ3) is 7.86. The van der Waals surface area contributed by atoms with Crippen LogP contribution in [0.1, 0.15) is 45.9 Å². The summed E-state index contributed by atoms with van der Waals surface area (Å²) in [6.45, 7) is 4.98. The van der Waals surface area contributed by atoms with Gasteiger partial charge in [-0.3, -0.25) is 14.7 Å². The van der Waals surface area contributed by atoms with Crippen molar-refractivity contribution in [2.24, 2.45) is 4.99 Å². The predicted molar refractivity (Wildman–Crippen MR) is 158 cm³/mol. The number of amides is 2. The lowest BCUT2D eigenvalue weighted by Gasteiger charge is -2.26. The first-order valence-electron chi connectivity index (χ1n) is 13.4. The fourth-order valence-electron chi connectivity index (χ4n) is 4.50. The first-order chi connectivity index (χ1) is 20.4. The van der Waals surface area contributed by atoms with Crippen LogP contribution in [0.5, 0.6) is 5.75 Å². The zero-order valence-electron chi connectivity index (χ0n) is 24.1. The molecule has 2 aliphatic heterocycles. The number of carboxylic acid groups (broad SMARTS) is 1. The number of carbonyl (C=O) groups is 3. The Bertz CT molecular complexity index is 1490. The first kappa shape index (κ1) is 31.4. The van der Waals surface area contributed by atoms with E-state index in [9.17, 15) is 23.9 Å². The summed E-state index contributed by atoms with van der Waals surface area (Å²) in [5.41, 5.74) is -0.280. The number of hydrogen-bond donors (Lipinski definition) is 3. The molecular formula is C29H32ClFN6O6. The number of carbonyl (C=O) groups excluding carboxylic acids is 2. The topological polar surface area (TPSA) is 155 Å². The number of rotatable bonds is 7. The predicted octanol–water partition coefficient (Wildman–Crippen LogP) is 4.48. The number of hydrogen-bond acceptors (Lipinski definition) is 9. The summed E-state index contributed by atoms with van der Waals surface area (Å²) in [4.78, 5) is 52.0. The molecule has 1 aliphatic carbocycles. The van der Waals surface area contributed by atoms with Gasteiger partial charge in [-0.15, -0.1) is 0 Å². The first-order valence-corrected chi connectivity index (χ1v) is 13.8. The second kappa shape index (κ2) is 13.2. The molecular weight excluding hydrogens is 583 g/mol. The Kier molecular flexibility index (Phi) is 9.64. The van der Waals surface area contributed by atoms with E-state index in [1.165, 1.54) is 25.6 Å². The molecule has 3 heterocycles. The van der Waals surface area contributed by atoms with E-state index in [-0.39, 0.29) is 47.9 Å². The van der Waals surface area contributed by atoms with Crippen molar-refractivity contribution in [1.29, 1.82) is 0 Å². The van der Waals surface area contributed by atoms with Gasteiger partial charge in [0.2, 0.25) is 0 Å². The molecule has 0 spiro atoms. The van der Waals surface area contributed by atoms with Gasteiger partial charge in [-0.2, -0.15) is 0 Å². The van der Waals surface area contributed by atoms with E-state index in [1.807, 2.05) is 0 Å². The van der Waals surface area contributed by atoms with Crippen LogP contribution in [0.3, 0.4) is 0 Å². The minimum absolute atomic E-state index is 0.0158. The van der Waals surface area contributed by atoms with Gasteiger partial charge in [0.15, 0.2) is 17.4 Å². The number of ether oxygens (including phenoxy) is 2. The van der Waals surface area contributed by atoms with Crippen LogP contribution in [0.2, 0.25) is 0 Å². The fraction of sp³-hybridized carbons (Fsp3) is 0.379. The lowest BCUT2D eigenvalue weighted by Crippen LogP contribution is -2.44. The molecule has 43 heavy (non-hydrogen) atoms. The zero-order valence-corrected chi connectivity index (χ0v) is 24.8. The van der Waals surface area contributed by atoms with Gasteiger partial charge in [-0.05, 0) is 32.9 Å². The van der Waals surface area contributed by atoms with Crippen molar-refractivity contribution in [1.82, 2.24) is 20.2 Å². The van der Waals surface area contributed by atoms with Crippen LogP contribution in [0.25, 0.3) is 5.57 Å². The van der Waals surface area contributed by atoms with E-state index in [0.29, 0.717) is 17.2 Å². The SMILES string of the molecule is COc1cnc(C2=C(F)CC=CC(Cl)=C2)nc1NC1=CCC=NC=C1C(=O)N[C@@H]1C[C@H](C(=O)O)N(C(=O)OC(C)(C)C)C1. The summed E-state index contributed by atoms with van der Waals surface area (Å²) in [5, 5.41) is 15.9. The lowest BCUT2D eigenvalue weighted by molar-refractivity contribution is -0.142. The van der Waals surface area contributed by atoms with Crippen LogP contribution in [-0.2, 0) is 14.3 Å². The van der Waals surface area contributed by atoms with E-state index in [1.54, 1.807) is 45.2 Å². The van der Waals surface area contributed by atoms with Crippen molar-refractivity contribution in [3.8, 4) is 5.75 Å². The molecule has 2 amide bonds. The Morgan fingerprint density at radius 1 is 1.26 bits per heavy atom. The summed E-state index contributed by atoms with van der Waals surface area (Å²) < 4.78 is 25.6. The number of aliphatic carboxylic acids is 1. The van der Waals surface area contributed by atoms with Gasteiger partial charge in [0.05, 0.1) is 30.1 Å². The quantitative estimate of drug-likeness (QED) is 0.403. The van der Waals surface area contributed by atoms with Crippen molar-refractivity contribution >= 4 is 47.2 Å². The van der Waals surface area contributed by atoms with Crippen LogP contribution < -0.4 is 15.4 Å². The van der Waals surface area contributed by atoms with E-state index < -0.39 is 41.5 Å². The van der Waals surface area contributed by atoms with E-state index in [4.69, 9.17) is 21.1 Å². The number of halogens is 2. The number of likely N-dealkylation sites (tertiary alicyclic amines) is 1. The normalized spacial score (nSPS) is 20.4. The van der Waals surface area contributed by atoms with Crippen LogP contribution in [-0.4, -0.2) is 75.5 Å². The average Bonchev–Trinajstić information content (AvgIpc) is 3.11. The Balaban J connectivity index is 1.56. The Morgan fingerprint density at radius 3 is 2.72 bits per heavy atom. The maximum atomic E-state index is 14.8. The molecule has 228 valence electrons. The zero-order chi connectivity index (χ0) is 31.3. The van der Waals surface area contributed by atoms with Gasteiger partial charge >= 0.3 is 12.1 Å². The number of aromatic nitrogens is 2. The second-order valence-electron chi connectivity index (χ2n) is 10.8. The summed E-state index contributed by atoms with van der Waals surface area (Å²) in [5.74, 6) is -1.81. The smallest absolute Gasteiger partial charge is 0.411 e. The van der Waals surface area contributed by atoms with E-state index in [2.05, 4.69) is 25.6 Å². The molecule has 3 aliphatic rings. The van der Waals surface area contributed by atoms with Crippen molar-refractivity contribution in [2.45, 2.75) is 57.7 Å². The summed E-state index contributed by atoms with van der Waals surface area (Å²) in [7, 11) is 1.42. The standard InChI is InChI=1S/C29H32ClFN6O6/c1-29(2,3)43-28(41)37-15-17(12-22(37)27(39)40)34-26(38)19-13-32-10-6-9-21(19)35-25-23(42-4)14-33-24(36-25)18-11-16(30)7-5-8-20(18)31/h5,7,9-11,13-14,17,22H,6,8,12,15H2,1-4H3,(H,34,38)(H,39,40)(H,33,35,36)/t17-,22-/m1/s1. The molecule has 1 saturated heterocycles. The molecule has 0 unspecified atom stereocenters. The van der Waals surface area contributed by atoms with Crippen LogP contribution in [0.15, 0.2) is 63.8 Å². The Labute approximate surface area is 252 Å². The fourth-order valence-corrected chi connectivity index (χ4v) is 4.70. The minimum Gasteiger partial charge on any atom is -0.491 e. The third-order valence-electron chi connectivity index (χ3n) is 6.44. The third-order valence-corrected chi connectivity index (χ3v) is 6.67. The van der Waals surface area contributed by atoms with Crippen molar-refractivity contribution in [3.05, 3.63) is 64.7 Å². The van der Waals surface area contributed by atoms with Gasteiger partial charge in [0.1, 0.15) is 17.5 Å². The van der Waals surface area contributed by atoms with Gasteiger partial charge < -0.3 is 25.2 Å². The molecule has 14 heteroatoms. The van der Waals surface area contributed by atoms with Crippen LogP contribution >= 0.6 is 11.6 Å². The summed E-state index contributed by atoms with van der Waals surface area (Å²) in [6.07, 6.45) is 10.2. The van der Waals surface area contributed by atoms with Crippen LogP contribution in [0, 0.1) is 0 Å². The van der Waals surface area contributed by atoms with Gasteiger partial charge in [-0.25, -0.2) is 23.9 Å². The molecule has 3 N–H and O–H groups in total. The Hall–Kier alpha value is -4.52. The highest BCUT2D eigenvalue weighted by Crippen LogP contribution is 2.31. The molecule has 1 aromatic heterocycles. The highest BCUT2D eigenvalue weighted by Gasteiger charge is 2.42. The van der Waals surface area contributed by atoms with Gasteiger partial charge in [0, 0.05) is 49.3 Å². The maximum Gasteiger partial charge on any atom is 0.411 e. The summed E-state index contributed by atoms with van der Waals surface area (Å²) >= 11 is 6.15. The minimum atomic E-state index is -1.21. The number of nitrogens with one attached hydrogen (secondary N) is 2. The van der Waals surface area contributed by atoms with Crippen molar-refractivity contribution in [2.75, 3.05) is 19.0 Å². The van der Waals surface area contributed by atoms with E-state index in [0.717, 1.165) is 4.90 Å².